The van der Waals surface area contributed by atoms with Crippen LogP contribution in [0.3, 0.4) is 0 Å². The van der Waals surface area contributed by atoms with E-state index < -0.39 is 0 Å². The monoisotopic (exact) mass is 322 g/mol. The van der Waals surface area contributed by atoms with Crippen LogP contribution in [0.5, 0.6) is 0 Å². The van der Waals surface area contributed by atoms with Crippen LogP contribution in [0.2, 0.25) is 10.0 Å². The van der Waals surface area contributed by atoms with Crippen LogP contribution in [0, 0.1) is 6.92 Å². The number of carbonyl (C=O) groups excluding carboxylic acids is 1. The standard InChI is InChI=1S/C16H16Cl2N2O/c1-11-2-5-13(6-3-11)20-16(21)8-9-19-15-7-4-12(17)10-14(15)18/h2-7,10,19H,8-9H2,1H3,(H,20,21). The summed E-state index contributed by atoms with van der Waals surface area (Å²) in [6.07, 6.45) is 0.354. The van der Waals surface area contributed by atoms with Gasteiger partial charge in [-0.25, -0.2) is 0 Å². The summed E-state index contributed by atoms with van der Waals surface area (Å²) in [6.45, 7) is 2.50. The van der Waals surface area contributed by atoms with Gasteiger partial charge in [-0.3, -0.25) is 4.79 Å². The van der Waals surface area contributed by atoms with E-state index in [-0.39, 0.29) is 5.91 Å². The molecule has 21 heavy (non-hydrogen) atoms. The normalized spacial score (nSPS) is 10.2. The van der Waals surface area contributed by atoms with Gasteiger partial charge in [0.05, 0.1) is 10.7 Å². The van der Waals surface area contributed by atoms with Gasteiger partial charge in [0.1, 0.15) is 0 Å². The van der Waals surface area contributed by atoms with E-state index in [9.17, 15) is 4.79 Å². The minimum absolute atomic E-state index is 0.0450. The molecule has 0 saturated carbocycles. The van der Waals surface area contributed by atoms with Crippen molar-refractivity contribution < 1.29 is 4.79 Å². The molecule has 5 heteroatoms. The van der Waals surface area contributed by atoms with Gasteiger partial charge in [-0.2, -0.15) is 0 Å². The smallest absolute Gasteiger partial charge is 0.226 e. The summed E-state index contributed by atoms with van der Waals surface area (Å²) in [5.41, 5.74) is 2.73. The third kappa shape index (κ3) is 4.96. The molecular weight excluding hydrogens is 307 g/mol. The van der Waals surface area contributed by atoms with Gasteiger partial charge in [0.2, 0.25) is 5.91 Å². The average Bonchev–Trinajstić information content (AvgIpc) is 2.44. The molecule has 0 radical (unpaired) electrons. The fourth-order valence-corrected chi connectivity index (χ4v) is 2.28. The molecule has 2 aromatic rings. The largest absolute Gasteiger partial charge is 0.383 e. The highest BCUT2D eigenvalue weighted by Gasteiger charge is 2.04. The maximum Gasteiger partial charge on any atom is 0.226 e. The van der Waals surface area contributed by atoms with Crippen LogP contribution in [0.4, 0.5) is 11.4 Å². The van der Waals surface area contributed by atoms with Crippen molar-refractivity contribution in [3.05, 3.63) is 58.1 Å². The minimum atomic E-state index is -0.0450. The van der Waals surface area contributed by atoms with Crippen LogP contribution in [0.25, 0.3) is 0 Å². The van der Waals surface area contributed by atoms with Crippen molar-refractivity contribution in [2.24, 2.45) is 0 Å². The van der Waals surface area contributed by atoms with Gasteiger partial charge in [0.15, 0.2) is 0 Å². The Hall–Kier alpha value is -1.71. The number of benzene rings is 2. The van der Waals surface area contributed by atoms with E-state index in [2.05, 4.69) is 10.6 Å². The Bertz CT molecular complexity index is 627. The highest BCUT2D eigenvalue weighted by molar-refractivity contribution is 6.36. The molecule has 0 aliphatic carbocycles. The lowest BCUT2D eigenvalue weighted by molar-refractivity contribution is -0.115. The Morgan fingerprint density at radius 2 is 1.81 bits per heavy atom. The topological polar surface area (TPSA) is 41.1 Å². The highest BCUT2D eigenvalue weighted by atomic mass is 35.5. The van der Waals surface area contributed by atoms with Crippen molar-refractivity contribution in [1.82, 2.24) is 0 Å². The Kier molecular flexibility index (Phi) is 5.48. The summed E-state index contributed by atoms with van der Waals surface area (Å²) in [6, 6.07) is 12.9. The van der Waals surface area contributed by atoms with Crippen LogP contribution >= 0.6 is 23.2 Å². The first kappa shape index (κ1) is 15.7. The summed E-state index contributed by atoms with van der Waals surface area (Å²) in [7, 11) is 0. The molecule has 2 aromatic carbocycles. The van der Waals surface area contributed by atoms with Crippen molar-refractivity contribution in [2.75, 3.05) is 17.2 Å². The SMILES string of the molecule is Cc1ccc(NC(=O)CCNc2ccc(Cl)cc2Cl)cc1. The van der Waals surface area contributed by atoms with Crippen LogP contribution in [-0.2, 0) is 4.79 Å². The Morgan fingerprint density at radius 1 is 1.10 bits per heavy atom. The predicted molar refractivity (Wildman–Crippen MR) is 89.4 cm³/mol. The summed E-state index contributed by atoms with van der Waals surface area (Å²) in [5, 5.41) is 7.09. The molecule has 2 N–H and O–H groups in total. The molecule has 2 rings (SSSR count). The van der Waals surface area contributed by atoms with Crippen molar-refractivity contribution in [1.29, 1.82) is 0 Å². The molecule has 0 aliphatic heterocycles. The van der Waals surface area contributed by atoms with E-state index in [0.717, 1.165) is 16.9 Å². The van der Waals surface area contributed by atoms with Crippen molar-refractivity contribution in [3.63, 3.8) is 0 Å². The molecule has 0 aliphatic rings. The first-order valence-corrected chi connectivity index (χ1v) is 7.35. The maximum atomic E-state index is 11.8. The number of amides is 1. The molecule has 0 aromatic heterocycles. The molecular formula is C16H16Cl2N2O. The lowest BCUT2D eigenvalue weighted by Crippen LogP contribution is -2.16. The first-order valence-electron chi connectivity index (χ1n) is 6.60. The number of halogens is 2. The quantitative estimate of drug-likeness (QED) is 0.834. The van der Waals surface area contributed by atoms with Crippen LogP contribution in [-0.4, -0.2) is 12.5 Å². The Balaban J connectivity index is 1.80. The third-order valence-corrected chi connectivity index (χ3v) is 3.48. The number of aryl methyl sites for hydroxylation is 1. The van der Waals surface area contributed by atoms with E-state index >= 15 is 0 Å². The second kappa shape index (κ2) is 7.34. The van der Waals surface area contributed by atoms with Gasteiger partial charge in [-0.1, -0.05) is 40.9 Å². The highest BCUT2D eigenvalue weighted by Crippen LogP contribution is 2.25. The second-order valence-corrected chi connectivity index (χ2v) is 5.56. The fraction of sp³-hybridized carbons (Fsp3) is 0.188. The Labute approximate surface area is 134 Å². The molecule has 0 fully saturated rings. The van der Waals surface area contributed by atoms with E-state index in [1.807, 2.05) is 31.2 Å². The van der Waals surface area contributed by atoms with E-state index in [1.54, 1.807) is 18.2 Å². The molecule has 110 valence electrons. The Morgan fingerprint density at radius 3 is 2.48 bits per heavy atom. The lowest BCUT2D eigenvalue weighted by atomic mass is 10.2. The number of hydrogen-bond donors (Lipinski definition) is 2. The molecule has 0 bridgehead atoms. The fourth-order valence-electron chi connectivity index (χ4n) is 1.80. The van der Waals surface area contributed by atoms with Gasteiger partial charge in [0, 0.05) is 23.7 Å². The summed E-state index contributed by atoms with van der Waals surface area (Å²) in [5.74, 6) is -0.0450. The average molecular weight is 323 g/mol. The van der Waals surface area contributed by atoms with Gasteiger partial charge < -0.3 is 10.6 Å². The van der Waals surface area contributed by atoms with Crippen molar-refractivity contribution >= 4 is 40.5 Å². The number of carbonyl (C=O) groups is 1. The number of hydrogen-bond acceptors (Lipinski definition) is 2. The zero-order chi connectivity index (χ0) is 15.2. The van der Waals surface area contributed by atoms with E-state index in [4.69, 9.17) is 23.2 Å². The lowest BCUT2D eigenvalue weighted by Gasteiger charge is -2.09. The van der Waals surface area contributed by atoms with Crippen LogP contribution in [0.1, 0.15) is 12.0 Å². The maximum absolute atomic E-state index is 11.8. The predicted octanol–water partition coefficient (Wildman–Crippen LogP) is 4.74. The second-order valence-electron chi connectivity index (χ2n) is 4.72. The summed E-state index contributed by atoms with van der Waals surface area (Å²) in [4.78, 5) is 11.8. The van der Waals surface area contributed by atoms with Gasteiger partial charge in [-0.15, -0.1) is 0 Å². The molecule has 0 saturated heterocycles. The molecule has 0 heterocycles. The number of rotatable bonds is 5. The van der Waals surface area contributed by atoms with Gasteiger partial charge in [0.25, 0.3) is 0 Å². The number of nitrogens with one attached hydrogen (secondary N) is 2. The van der Waals surface area contributed by atoms with E-state index in [0.29, 0.717) is 23.0 Å². The van der Waals surface area contributed by atoms with Crippen LogP contribution in [0.15, 0.2) is 42.5 Å². The van der Waals surface area contributed by atoms with Crippen molar-refractivity contribution in [3.8, 4) is 0 Å². The van der Waals surface area contributed by atoms with Gasteiger partial charge in [-0.05, 0) is 37.3 Å². The molecule has 0 atom stereocenters. The zero-order valence-corrected chi connectivity index (χ0v) is 13.1. The van der Waals surface area contributed by atoms with Gasteiger partial charge >= 0.3 is 0 Å². The first-order chi connectivity index (χ1) is 10.0. The molecule has 3 nitrogen and oxygen atoms in total. The molecule has 0 spiro atoms. The van der Waals surface area contributed by atoms with Crippen LogP contribution < -0.4 is 10.6 Å². The molecule has 0 unspecified atom stereocenters. The molecule has 1 amide bonds. The zero-order valence-electron chi connectivity index (χ0n) is 11.6. The number of anilines is 2. The summed E-state index contributed by atoms with van der Waals surface area (Å²) < 4.78 is 0. The summed E-state index contributed by atoms with van der Waals surface area (Å²) >= 11 is 11.9. The van der Waals surface area contributed by atoms with E-state index in [1.165, 1.54) is 0 Å². The third-order valence-electron chi connectivity index (χ3n) is 2.93. The minimum Gasteiger partial charge on any atom is -0.383 e. The van der Waals surface area contributed by atoms with Crippen molar-refractivity contribution in [2.45, 2.75) is 13.3 Å².